The van der Waals surface area contributed by atoms with E-state index in [-0.39, 0.29) is 17.7 Å². The molecule has 8 rings (SSSR count). The summed E-state index contributed by atoms with van der Waals surface area (Å²) in [5.74, 6) is -0.257. The van der Waals surface area contributed by atoms with Crippen LogP contribution in [0.1, 0.15) is 18.5 Å². The predicted molar refractivity (Wildman–Crippen MR) is 186 cm³/mol. The van der Waals surface area contributed by atoms with Crippen LogP contribution in [0.4, 0.5) is 14.6 Å². The molecular weight excluding hydrogens is 640 g/mol. The highest BCUT2D eigenvalue weighted by molar-refractivity contribution is 5.97. The maximum absolute atomic E-state index is 14.9. The monoisotopic (exact) mass is 677 g/mol. The van der Waals surface area contributed by atoms with E-state index in [2.05, 4.69) is 38.2 Å². The molecule has 2 aliphatic heterocycles. The fourth-order valence-electron chi connectivity index (χ4n) is 7.31. The lowest BCUT2D eigenvalue weighted by Gasteiger charge is -2.31. The molecule has 11 nitrogen and oxygen atoms in total. The summed E-state index contributed by atoms with van der Waals surface area (Å²) in [7, 11) is 5.98. The van der Waals surface area contributed by atoms with Crippen molar-refractivity contribution in [3.05, 3.63) is 90.5 Å². The Morgan fingerprint density at radius 2 is 1.90 bits per heavy atom. The lowest BCUT2D eigenvalue weighted by atomic mass is 9.98. The summed E-state index contributed by atoms with van der Waals surface area (Å²) in [4.78, 5) is 29.8. The van der Waals surface area contributed by atoms with E-state index in [1.165, 1.54) is 23.1 Å². The van der Waals surface area contributed by atoms with Gasteiger partial charge >= 0.3 is 0 Å². The number of aromatic nitrogens is 6. The summed E-state index contributed by atoms with van der Waals surface area (Å²) in [6.07, 6.45) is 4.55. The zero-order valence-corrected chi connectivity index (χ0v) is 28.1. The van der Waals surface area contributed by atoms with Crippen molar-refractivity contribution in [2.45, 2.75) is 31.4 Å². The van der Waals surface area contributed by atoms with E-state index < -0.39 is 17.7 Å². The van der Waals surface area contributed by atoms with E-state index >= 15 is 0 Å². The SMILES string of the molecule is CN(C)CCN1CCCc2c3c(cccc3nn2C)-c2cccc(c2)OC2CC(C1=O)N(c1ncnc3c1cnn3-c1ccc(F)cc1F)C2. The number of carbonyl (C=O) groups is 1. The van der Waals surface area contributed by atoms with Gasteiger partial charge in [-0.1, -0.05) is 24.3 Å². The van der Waals surface area contributed by atoms with Gasteiger partial charge in [0.25, 0.3) is 0 Å². The molecule has 2 atom stereocenters. The van der Waals surface area contributed by atoms with Gasteiger partial charge in [-0.3, -0.25) is 9.48 Å². The highest BCUT2D eigenvalue weighted by atomic mass is 19.1. The molecule has 0 radical (unpaired) electrons. The second-order valence-corrected chi connectivity index (χ2v) is 13.3. The summed E-state index contributed by atoms with van der Waals surface area (Å²) in [5, 5.41) is 10.9. The zero-order chi connectivity index (χ0) is 34.5. The first-order valence-corrected chi connectivity index (χ1v) is 16.8. The van der Waals surface area contributed by atoms with E-state index in [4.69, 9.17) is 9.84 Å². The molecule has 1 fully saturated rings. The van der Waals surface area contributed by atoms with Gasteiger partial charge in [-0.2, -0.15) is 10.2 Å². The van der Waals surface area contributed by atoms with Gasteiger partial charge in [0, 0.05) is 50.2 Å². The van der Waals surface area contributed by atoms with Gasteiger partial charge in [-0.25, -0.2) is 23.4 Å². The fraction of sp³-hybridized carbons (Fsp3) is 0.324. The Bertz CT molecular complexity index is 2230. The van der Waals surface area contributed by atoms with Gasteiger partial charge in [-0.15, -0.1) is 0 Å². The standard InChI is InChI=1S/C37H37F2N9O2/c1-44(2)15-16-46-14-6-11-32-34-27(9-5-10-30(34)43-45(32)3)23-7-4-8-25(17-23)50-26-19-33(37(46)49)47(21-26)35-28-20-42-48(36(28)41-22-40-35)31-13-12-24(38)18-29(31)39/h4-5,7-10,12-13,17-18,20,22,26,33H,6,11,14-16,19,21H2,1-3H3. The van der Waals surface area contributed by atoms with Crippen LogP contribution in [-0.4, -0.2) is 97.7 Å². The van der Waals surface area contributed by atoms with Crippen molar-refractivity contribution in [1.82, 2.24) is 39.3 Å². The third-order valence-corrected chi connectivity index (χ3v) is 9.70. The number of hydrogen-bond donors (Lipinski definition) is 0. The number of benzene rings is 3. The van der Waals surface area contributed by atoms with Crippen LogP contribution in [0, 0.1) is 11.6 Å². The third-order valence-electron chi connectivity index (χ3n) is 9.70. The van der Waals surface area contributed by atoms with Crippen molar-refractivity contribution in [2.24, 2.45) is 7.05 Å². The molecule has 2 unspecified atom stereocenters. The normalized spacial score (nSPS) is 18.2. The van der Waals surface area contributed by atoms with Crippen LogP contribution in [0.25, 0.3) is 38.8 Å². The van der Waals surface area contributed by atoms with Gasteiger partial charge in [0.2, 0.25) is 5.91 Å². The number of nitrogens with zero attached hydrogens (tertiary/aromatic N) is 9. The molecule has 4 bridgehead atoms. The minimum atomic E-state index is -0.765. The molecule has 5 heterocycles. The molecule has 6 aromatic rings. The van der Waals surface area contributed by atoms with Crippen LogP contribution in [-0.2, 0) is 18.3 Å². The van der Waals surface area contributed by atoms with E-state index in [1.807, 2.05) is 59.9 Å². The second-order valence-electron chi connectivity index (χ2n) is 13.3. The topological polar surface area (TPSA) is 97.4 Å². The van der Waals surface area contributed by atoms with Crippen molar-refractivity contribution < 1.29 is 18.3 Å². The first-order valence-electron chi connectivity index (χ1n) is 16.8. The summed E-state index contributed by atoms with van der Waals surface area (Å²) in [6, 6.07) is 17.0. The van der Waals surface area contributed by atoms with E-state index in [9.17, 15) is 13.6 Å². The highest BCUT2D eigenvalue weighted by Crippen LogP contribution is 2.36. The average molecular weight is 678 g/mol. The summed E-state index contributed by atoms with van der Waals surface area (Å²) < 4.78 is 38.6. The predicted octanol–water partition coefficient (Wildman–Crippen LogP) is 5.01. The lowest BCUT2D eigenvalue weighted by Crippen LogP contribution is -2.48. The molecule has 0 saturated carbocycles. The lowest BCUT2D eigenvalue weighted by molar-refractivity contribution is -0.132. The molecule has 256 valence electrons. The molecule has 1 amide bonds. The molecule has 3 aromatic heterocycles. The Labute approximate surface area is 287 Å². The van der Waals surface area contributed by atoms with Crippen LogP contribution in [0.2, 0.25) is 0 Å². The molecule has 13 heteroatoms. The Hall–Kier alpha value is -5.43. The largest absolute Gasteiger partial charge is 0.488 e. The van der Waals surface area contributed by atoms with Gasteiger partial charge in [0.05, 0.1) is 23.6 Å². The maximum Gasteiger partial charge on any atom is 0.245 e. The average Bonchev–Trinajstić information content (AvgIpc) is 3.80. The molecule has 0 aliphatic carbocycles. The number of ether oxygens (including phenoxy) is 1. The number of halogens is 2. The number of aryl methyl sites for hydroxylation is 2. The highest BCUT2D eigenvalue weighted by Gasteiger charge is 2.42. The molecule has 3 aromatic carbocycles. The number of carbonyl (C=O) groups excluding carboxylic acids is 1. The Morgan fingerprint density at radius 3 is 2.74 bits per heavy atom. The van der Waals surface area contributed by atoms with Gasteiger partial charge in [0.15, 0.2) is 11.5 Å². The molecule has 50 heavy (non-hydrogen) atoms. The van der Waals surface area contributed by atoms with Crippen molar-refractivity contribution in [3.63, 3.8) is 0 Å². The number of hydrogen-bond acceptors (Lipinski definition) is 8. The third kappa shape index (κ3) is 5.70. The first kappa shape index (κ1) is 31.8. The molecule has 0 N–H and O–H groups in total. The molecule has 2 aliphatic rings. The number of fused-ring (bicyclic) bond motifs is 6. The van der Waals surface area contributed by atoms with Crippen LogP contribution < -0.4 is 9.64 Å². The Morgan fingerprint density at radius 1 is 1.04 bits per heavy atom. The quantitative estimate of drug-likeness (QED) is 0.251. The molecular formula is C37H37F2N9O2. The second kappa shape index (κ2) is 12.8. The van der Waals surface area contributed by atoms with E-state index in [0.29, 0.717) is 55.2 Å². The smallest absolute Gasteiger partial charge is 0.245 e. The van der Waals surface area contributed by atoms with Crippen LogP contribution in [0.5, 0.6) is 5.75 Å². The summed E-state index contributed by atoms with van der Waals surface area (Å²) in [5.41, 5.74) is 4.59. The van der Waals surface area contributed by atoms with E-state index in [0.717, 1.165) is 46.6 Å². The Kier molecular flexibility index (Phi) is 8.14. The zero-order valence-electron chi connectivity index (χ0n) is 28.1. The number of anilines is 1. The van der Waals surface area contributed by atoms with Crippen LogP contribution >= 0.6 is 0 Å². The first-order chi connectivity index (χ1) is 24.2. The maximum atomic E-state index is 14.9. The van der Waals surface area contributed by atoms with Crippen molar-refractivity contribution in [3.8, 4) is 22.6 Å². The van der Waals surface area contributed by atoms with Crippen LogP contribution in [0.3, 0.4) is 0 Å². The van der Waals surface area contributed by atoms with Gasteiger partial charge in [0.1, 0.15) is 41.5 Å². The number of rotatable bonds is 5. The summed E-state index contributed by atoms with van der Waals surface area (Å²) >= 11 is 0. The van der Waals surface area contributed by atoms with Gasteiger partial charge < -0.3 is 19.4 Å². The minimum Gasteiger partial charge on any atom is -0.488 e. The van der Waals surface area contributed by atoms with Crippen LogP contribution in [0.15, 0.2) is 73.2 Å². The minimum absolute atomic E-state index is 0.0131. The Balaban J connectivity index is 1.21. The number of amides is 1. The number of likely N-dealkylation sites (N-methyl/N-ethyl adjacent to an activating group) is 1. The van der Waals surface area contributed by atoms with Crippen molar-refractivity contribution >= 4 is 33.7 Å². The summed E-state index contributed by atoms with van der Waals surface area (Å²) in [6.45, 7) is 2.20. The van der Waals surface area contributed by atoms with E-state index in [1.54, 1.807) is 6.20 Å². The fourth-order valence-corrected chi connectivity index (χ4v) is 7.31. The van der Waals surface area contributed by atoms with Crippen molar-refractivity contribution in [2.75, 3.05) is 45.2 Å². The molecule has 0 spiro atoms. The molecule has 1 saturated heterocycles. The van der Waals surface area contributed by atoms with Crippen molar-refractivity contribution in [1.29, 1.82) is 0 Å². The van der Waals surface area contributed by atoms with Gasteiger partial charge in [-0.05, 0) is 68.4 Å².